The summed E-state index contributed by atoms with van der Waals surface area (Å²) in [5.74, 6) is 0. The number of nitro groups is 1. The summed E-state index contributed by atoms with van der Waals surface area (Å²) in [4.78, 5) is 11.3. The van der Waals surface area contributed by atoms with E-state index in [9.17, 15) is 15.2 Å². The number of hydrogen-bond acceptors (Lipinski definition) is 5. The molecule has 6 heteroatoms. The van der Waals surface area contributed by atoms with Crippen LogP contribution in [0.1, 0.15) is 29.5 Å². The number of nitrogens with one attached hydrogen (secondary N) is 1. The SMILES string of the molecule is C[C@@H](NCC(O)c1ccc([N+](=O)[O-])cc1)c1cccs1. The zero-order valence-electron chi connectivity index (χ0n) is 11.0. The van der Waals surface area contributed by atoms with Crippen LogP contribution < -0.4 is 5.32 Å². The zero-order chi connectivity index (χ0) is 14.5. The first-order valence-electron chi connectivity index (χ1n) is 6.27. The van der Waals surface area contributed by atoms with Gasteiger partial charge in [0.25, 0.3) is 5.69 Å². The third-order valence-corrected chi connectivity index (χ3v) is 4.13. The minimum absolute atomic E-state index is 0.0286. The monoisotopic (exact) mass is 292 g/mol. The molecule has 0 spiro atoms. The predicted molar refractivity (Wildman–Crippen MR) is 78.8 cm³/mol. The van der Waals surface area contributed by atoms with Crippen LogP contribution in [0.2, 0.25) is 0 Å². The van der Waals surface area contributed by atoms with Crippen LogP contribution >= 0.6 is 11.3 Å². The summed E-state index contributed by atoms with van der Waals surface area (Å²) in [5.41, 5.74) is 0.697. The highest BCUT2D eigenvalue weighted by Gasteiger charge is 2.12. The Labute approximate surface area is 121 Å². The van der Waals surface area contributed by atoms with Crippen LogP contribution in [-0.2, 0) is 0 Å². The average molecular weight is 292 g/mol. The molecule has 0 fully saturated rings. The molecule has 0 saturated heterocycles. The van der Waals surface area contributed by atoms with Gasteiger partial charge in [0.05, 0.1) is 11.0 Å². The summed E-state index contributed by atoms with van der Waals surface area (Å²) in [6.45, 7) is 2.44. The molecule has 106 valence electrons. The van der Waals surface area contributed by atoms with E-state index in [-0.39, 0.29) is 11.7 Å². The number of nitro benzene ring substituents is 1. The quantitative estimate of drug-likeness (QED) is 0.634. The van der Waals surface area contributed by atoms with Gasteiger partial charge in [0.15, 0.2) is 0 Å². The van der Waals surface area contributed by atoms with Crippen LogP contribution in [-0.4, -0.2) is 16.6 Å². The molecule has 0 bridgehead atoms. The highest BCUT2D eigenvalue weighted by molar-refractivity contribution is 7.10. The van der Waals surface area contributed by atoms with E-state index < -0.39 is 11.0 Å². The van der Waals surface area contributed by atoms with Gasteiger partial charge in [-0.25, -0.2) is 0 Å². The standard InChI is InChI=1S/C14H16N2O3S/c1-10(14-3-2-8-20-14)15-9-13(17)11-4-6-12(7-5-11)16(18)19/h2-8,10,13,15,17H,9H2,1H3/t10-,13?/m1/s1. The Hall–Kier alpha value is -1.76. The van der Waals surface area contributed by atoms with E-state index in [1.165, 1.54) is 17.0 Å². The Balaban J connectivity index is 1.91. The minimum atomic E-state index is -0.682. The third kappa shape index (κ3) is 3.63. The van der Waals surface area contributed by atoms with Crippen molar-refractivity contribution in [2.75, 3.05) is 6.54 Å². The highest BCUT2D eigenvalue weighted by Crippen LogP contribution is 2.20. The highest BCUT2D eigenvalue weighted by atomic mass is 32.1. The summed E-state index contributed by atoms with van der Waals surface area (Å²) in [7, 11) is 0. The molecule has 1 aromatic carbocycles. The number of benzene rings is 1. The number of aliphatic hydroxyl groups excluding tert-OH is 1. The van der Waals surface area contributed by atoms with Crippen LogP contribution in [0.4, 0.5) is 5.69 Å². The van der Waals surface area contributed by atoms with Crippen molar-refractivity contribution >= 4 is 17.0 Å². The second kappa shape index (κ2) is 6.60. The van der Waals surface area contributed by atoms with Crippen molar-refractivity contribution in [3.05, 3.63) is 62.3 Å². The van der Waals surface area contributed by atoms with E-state index in [1.807, 2.05) is 24.4 Å². The molecule has 0 aliphatic carbocycles. The summed E-state index contributed by atoms with van der Waals surface area (Å²) in [6.07, 6.45) is -0.682. The fraction of sp³-hybridized carbons (Fsp3) is 0.286. The Bertz CT molecular complexity index is 554. The third-order valence-electron chi connectivity index (χ3n) is 3.08. The normalized spacial score (nSPS) is 13.9. The van der Waals surface area contributed by atoms with Crippen molar-refractivity contribution in [2.24, 2.45) is 0 Å². The number of thiophene rings is 1. The van der Waals surface area contributed by atoms with Crippen molar-refractivity contribution in [1.82, 2.24) is 5.32 Å². The first kappa shape index (κ1) is 14.6. The van der Waals surface area contributed by atoms with E-state index >= 15 is 0 Å². The Kier molecular flexibility index (Phi) is 4.84. The van der Waals surface area contributed by atoms with Gasteiger partial charge in [0.2, 0.25) is 0 Å². The van der Waals surface area contributed by atoms with Crippen molar-refractivity contribution in [3.8, 4) is 0 Å². The molecular weight excluding hydrogens is 276 g/mol. The molecule has 2 N–H and O–H groups in total. The van der Waals surface area contributed by atoms with E-state index in [4.69, 9.17) is 0 Å². The van der Waals surface area contributed by atoms with Gasteiger partial charge in [0.1, 0.15) is 0 Å². The Morgan fingerprint density at radius 1 is 1.35 bits per heavy atom. The lowest BCUT2D eigenvalue weighted by molar-refractivity contribution is -0.384. The Morgan fingerprint density at radius 2 is 2.05 bits per heavy atom. The van der Waals surface area contributed by atoms with Crippen LogP contribution in [0.15, 0.2) is 41.8 Å². The topological polar surface area (TPSA) is 75.4 Å². The molecule has 5 nitrogen and oxygen atoms in total. The van der Waals surface area contributed by atoms with Gasteiger partial charge in [-0.1, -0.05) is 6.07 Å². The smallest absolute Gasteiger partial charge is 0.269 e. The molecule has 20 heavy (non-hydrogen) atoms. The Morgan fingerprint density at radius 3 is 2.60 bits per heavy atom. The van der Waals surface area contributed by atoms with Gasteiger partial charge in [0, 0.05) is 29.6 Å². The number of hydrogen-bond donors (Lipinski definition) is 2. The molecule has 2 atom stereocenters. The maximum atomic E-state index is 10.6. The first-order chi connectivity index (χ1) is 9.58. The van der Waals surface area contributed by atoms with E-state index in [2.05, 4.69) is 5.32 Å². The summed E-state index contributed by atoms with van der Waals surface area (Å²) in [5, 5.41) is 25.9. The zero-order valence-corrected chi connectivity index (χ0v) is 11.8. The van der Waals surface area contributed by atoms with Gasteiger partial charge >= 0.3 is 0 Å². The number of nitrogens with zero attached hydrogens (tertiary/aromatic N) is 1. The molecular formula is C14H16N2O3S. The number of aliphatic hydroxyl groups is 1. The minimum Gasteiger partial charge on any atom is -0.387 e. The lowest BCUT2D eigenvalue weighted by atomic mass is 10.1. The van der Waals surface area contributed by atoms with E-state index in [0.29, 0.717) is 12.1 Å². The molecule has 1 aromatic heterocycles. The maximum Gasteiger partial charge on any atom is 0.269 e. The van der Waals surface area contributed by atoms with Crippen molar-refractivity contribution in [1.29, 1.82) is 0 Å². The van der Waals surface area contributed by atoms with Crippen molar-refractivity contribution in [3.63, 3.8) is 0 Å². The molecule has 0 amide bonds. The second-order valence-corrected chi connectivity index (χ2v) is 5.49. The summed E-state index contributed by atoms with van der Waals surface area (Å²) in [6, 6.07) is 10.2. The van der Waals surface area contributed by atoms with Crippen LogP contribution in [0.3, 0.4) is 0 Å². The molecule has 1 heterocycles. The molecule has 0 aliphatic rings. The first-order valence-corrected chi connectivity index (χ1v) is 7.15. The fourth-order valence-corrected chi connectivity index (χ4v) is 2.62. The average Bonchev–Trinajstić information content (AvgIpc) is 2.98. The van der Waals surface area contributed by atoms with Gasteiger partial charge in [-0.15, -0.1) is 11.3 Å². The molecule has 0 radical (unpaired) electrons. The number of non-ortho nitro benzene ring substituents is 1. The van der Waals surface area contributed by atoms with Gasteiger partial charge in [-0.05, 0) is 36.1 Å². The van der Waals surface area contributed by atoms with Crippen molar-refractivity contribution < 1.29 is 10.0 Å². The van der Waals surface area contributed by atoms with Gasteiger partial charge in [-0.3, -0.25) is 10.1 Å². The lowest BCUT2D eigenvalue weighted by Gasteiger charge is -2.16. The van der Waals surface area contributed by atoms with Gasteiger partial charge in [-0.2, -0.15) is 0 Å². The summed E-state index contributed by atoms with van der Waals surface area (Å²) < 4.78 is 0. The predicted octanol–water partition coefficient (Wildman–Crippen LogP) is 3.04. The fourth-order valence-electron chi connectivity index (χ4n) is 1.86. The lowest BCUT2D eigenvalue weighted by Crippen LogP contribution is -2.24. The molecule has 2 aromatic rings. The molecule has 1 unspecified atom stereocenters. The molecule has 0 saturated carbocycles. The second-order valence-electron chi connectivity index (χ2n) is 4.51. The van der Waals surface area contributed by atoms with Crippen LogP contribution in [0.25, 0.3) is 0 Å². The molecule has 0 aliphatic heterocycles. The van der Waals surface area contributed by atoms with Gasteiger partial charge < -0.3 is 10.4 Å². The van der Waals surface area contributed by atoms with Crippen molar-refractivity contribution in [2.45, 2.75) is 19.1 Å². The largest absolute Gasteiger partial charge is 0.387 e. The molecule has 2 rings (SSSR count). The number of rotatable bonds is 6. The van der Waals surface area contributed by atoms with E-state index in [1.54, 1.807) is 23.5 Å². The summed E-state index contributed by atoms with van der Waals surface area (Å²) >= 11 is 1.66. The van der Waals surface area contributed by atoms with Crippen LogP contribution in [0, 0.1) is 10.1 Å². The van der Waals surface area contributed by atoms with Crippen LogP contribution in [0.5, 0.6) is 0 Å². The van der Waals surface area contributed by atoms with E-state index in [0.717, 1.165) is 0 Å². The maximum absolute atomic E-state index is 10.6.